The molecular formula is C18H14N2O3S. The van der Waals surface area contributed by atoms with Gasteiger partial charge in [0.1, 0.15) is 0 Å². The molecule has 0 fully saturated rings. The topological polar surface area (TPSA) is 72.2 Å². The second-order valence-corrected chi connectivity index (χ2v) is 6.12. The number of carbonyl (C=O) groups is 1. The van der Waals surface area contributed by atoms with E-state index in [1.165, 1.54) is 18.2 Å². The summed E-state index contributed by atoms with van der Waals surface area (Å²) in [5, 5.41) is 15.8. The Balaban J connectivity index is 1.89. The number of nitro groups is 1. The van der Waals surface area contributed by atoms with Crippen molar-refractivity contribution >= 4 is 22.9 Å². The smallest absolute Gasteiger partial charge is 0.270 e. The van der Waals surface area contributed by atoms with E-state index in [1.807, 2.05) is 47.8 Å². The van der Waals surface area contributed by atoms with Gasteiger partial charge >= 0.3 is 0 Å². The van der Waals surface area contributed by atoms with Crippen molar-refractivity contribution in [3.8, 4) is 0 Å². The molecule has 5 nitrogen and oxygen atoms in total. The highest BCUT2D eigenvalue weighted by Gasteiger charge is 2.19. The third-order valence-corrected chi connectivity index (χ3v) is 4.49. The number of rotatable bonds is 5. The number of carbonyl (C=O) groups excluding carboxylic acids is 1. The Bertz CT molecular complexity index is 848. The van der Waals surface area contributed by atoms with Crippen LogP contribution in [0.5, 0.6) is 0 Å². The van der Waals surface area contributed by atoms with E-state index in [0.29, 0.717) is 0 Å². The lowest BCUT2D eigenvalue weighted by Gasteiger charge is -2.18. The number of thiophene rings is 1. The fourth-order valence-corrected chi connectivity index (χ4v) is 3.20. The van der Waals surface area contributed by atoms with Gasteiger partial charge in [0.2, 0.25) is 0 Å². The van der Waals surface area contributed by atoms with Crippen LogP contribution >= 0.6 is 11.3 Å². The second kappa shape index (κ2) is 7.06. The molecule has 0 saturated heterocycles. The molecule has 1 atom stereocenters. The SMILES string of the molecule is O=C(NC(c1ccccc1)c1cccs1)c1cccc([N+](=O)[O-])c1. The van der Waals surface area contributed by atoms with Gasteiger partial charge in [-0.25, -0.2) is 0 Å². The largest absolute Gasteiger partial charge is 0.340 e. The lowest BCUT2D eigenvalue weighted by molar-refractivity contribution is -0.384. The summed E-state index contributed by atoms with van der Waals surface area (Å²) in [6.45, 7) is 0. The average Bonchev–Trinajstić information content (AvgIpc) is 3.14. The van der Waals surface area contributed by atoms with Gasteiger partial charge in [0.15, 0.2) is 0 Å². The first kappa shape index (κ1) is 15.9. The lowest BCUT2D eigenvalue weighted by atomic mass is 10.0. The number of nitrogens with zero attached hydrogens (tertiary/aromatic N) is 1. The van der Waals surface area contributed by atoms with Crippen molar-refractivity contribution in [1.29, 1.82) is 0 Å². The summed E-state index contributed by atoms with van der Waals surface area (Å²) in [6.07, 6.45) is 0. The average molecular weight is 338 g/mol. The van der Waals surface area contributed by atoms with Crippen molar-refractivity contribution in [3.63, 3.8) is 0 Å². The highest BCUT2D eigenvalue weighted by molar-refractivity contribution is 7.10. The van der Waals surface area contributed by atoms with Crippen molar-refractivity contribution in [2.75, 3.05) is 0 Å². The lowest BCUT2D eigenvalue weighted by Crippen LogP contribution is -2.28. The molecule has 0 spiro atoms. The molecule has 0 radical (unpaired) electrons. The minimum atomic E-state index is -0.509. The molecule has 0 saturated carbocycles. The van der Waals surface area contributed by atoms with Crippen LogP contribution in [0.2, 0.25) is 0 Å². The Hall–Kier alpha value is -2.99. The summed E-state index contributed by atoms with van der Waals surface area (Å²) in [6, 6.07) is 18.9. The first-order valence-electron chi connectivity index (χ1n) is 7.29. The van der Waals surface area contributed by atoms with Gasteiger partial charge in [-0.3, -0.25) is 14.9 Å². The van der Waals surface area contributed by atoms with Gasteiger partial charge in [-0.1, -0.05) is 42.5 Å². The highest BCUT2D eigenvalue weighted by Crippen LogP contribution is 2.26. The van der Waals surface area contributed by atoms with Crippen LogP contribution in [0, 0.1) is 10.1 Å². The Morgan fingerprint density at radius 2 is 1.83 bits per heavy atom. The maximum absolute atomic E-state index is 12.6. The minimum absolute atomic E-state index is 0.102. The first-order valence-corrected chi connectivity index (χ1v) is 8.17. The fourth-order valence-electron chi connectivity index (χ4n) is 2.39. The van der Waals surface area contributed by atoms with Crippen molar-refractivity contribution in [3.05, 3.63) is 98.2 Å². The molecule has 1 aromatic heterocycles. The number of nitro benzene ring substituents is 1. The van der Waals surface area contributed by atoms with Crippen molar-refractivity contribution in [2.24, 2.45) is 0 Å². The molecule has 3 aromatic rings. The van der Waals surface area contributed by atoms with Crippen LogP contribution < -0.4 is 5.32 Å². The van der Waals surface area contributed by atoms with Crippen LogP contribution in [0.25, 0.3) is 0 Å². The molecule has 0 aliphatic rings. The molecule has 1 heterocycles. The second-order valence-electron chi connectivity index (χ2n) is 5.14. The molecule has 0 aliphatic carbocycles. The molecule has 120 valence electrons. The first-order chi connectivity index (χ1) is 11.6. The number of non-ortho nitro benzene ring substituents is 1. The van der Waals surface area contributed by atoms with E-state index in [9.17, 15) is 14.9 Å². The molecule has 3 rings (SSSR count). The van der Waals surface area contributed by atoms with Crippen LogP contribution in [0.15, 0.2) is 72.1 Å². The van der Waals surface area contributed by atoms with Gasteiger partial charge in [-0.05, 0) is 23.1 Å². The maximum atomic E-state index is 12.6. The maximum Gasteiger partial charge on any atom is 0.270 e. The van der Waals surface area contributed by atoms with Crippen LogP contribution in [0.1, 0.15) is 26.8 Å². The Kier molecular flexibility index (Phi) is 4.67. The van der Waals surface area contributed by atoms with E-state index in [0.717, 1.165) is 10.4 Å². The Morgan fingerprint density at radius 3 is 2.50 bits per heavy atom. The highest BCUT2D eigenvalue weighted by atomic mass is 32.1. The number of benzene rings is 2. The third kappa shape index (κ3) is 3.49. The van der Waals surface area contributed by atoms with Gasteiger partial charge in [0.05, 0.1) is 11.0 Å². The van der Waals surface area contributed by atoms with Crippen LogP contribution in [0.3, 0.4) is 0 Å². The summed E-state index contributed by atoms with van der Waals surface area (Å²) in [5.41, 5.74) is 1.12. The van der Waals surface area contributed by atoms with E-state index in [1.54, 1.807) is 17.4 Å². The molecule has 1 unspecified atom stereocenters. The summed E-state index contributed by atoms with van der Waals surface area (Å²) in [4.78, 5) is 23.9. The molecule has 2 aromatic carbocycles. The molecule has 0 bridgehead atoms. The molecule has 1 N–H and O–H groups in total. The molecule has 1 amide bonds. The van der Waals surface area contributed by atoms with Gasteiger partial charge in [0, 0.05) is 22.6 Å². The third-order valence-electron chi connectivity index (χ3n) is 3.56. The van der Waals surface area contributed by atoms with Crippen LogP contribution in [-0.2, 0) is 0 Å². The van der Waals surface area contributed by atoms with Crippen molar-refractivity contribution in [2.45, 2.75) is 6.04 Å². The molecular weight excluding hydrogens is 324 g/mol. The fraction of sp³-hybridized carbons (Fsp3) is 0.0556. The Morgan fingerprint density at radius 1 is 1.04 bits per heavy atom. The van der Waals surface area contributed by atoms with Crippen LogP contribution in [0.4, 0.5) is 5.69 Å². The monoisotopic (exact) mass is 338 g/mol. The minimum Gasteiger partial charge on any atom is -0.340 e. The summed E-state index contributed by atoms with van der Waals surface area (Å²) < 4.78 is 0. The molecule has 6 heteroatoms. The van der Waals surface area contributed by atoms with E-state index in [2.05, 4.69) is 5.32 Å². The summed E-state index contributed by atoms with van der Waals surface area (Å²) in [5.74, 6) is -0.346. The van der Waals surface area contributed by atoms with Gasteiger partial charge in [-0.15, -0.1) is 11.3 Å². The van der Waals surface area contributed by atoms with Gasteiger partial charge in [0.25, 0.3) is 11.6 Å². The molecule has 0 aliphatic heterocycles. The van der Waals surface area contributed by atoms with E-state index < -0.39 is 4.92 Å². The summed E-state index contributed by atoms with van der Waals surface area (Å²) in [7, 11) is 0. The van der Waals surface area contributed by atoms with E-state index in [4.69, 9.17) is 0 Å². The van der Waals surface area contributed by atoms with E-state index >= 15 is 0 Å². The number of amides is 1. The Labute approximate surface area is 142 Å². The van der Waals surface area contributed by atoms with Gasteiger partial charge in [-0.2, -0.15) is 0 Å². The number of nitrogens with one attached hydrogen (secondary N) is 1. The van der Waals surface area contributed by atoms with Crippen LogP contribution in [-0.4, -0.2) is 10.8 Å². The predicted molar refractivity (Wildman–Crippen MR) is 93.2 cm³/mol. The normalized spacial score (nSPS) is 11.7. The van der Waals surface area contributed by atoms with Crippen molar-refractivity contribution < 1.29 is 9.72 Å². The van der Waals surface area contributed by atoms with Gasteiger partial charge < -0.3 is 5.32 Å². The molecule has 24 heavy (non-hydrogen) atoms. The summed E-state index contributed by atoms with van der Waals surface area (Å²) >= 11 is 1.55. The quantitative estimate of drug-likeness (QED) is 0.560. The zero-order chi connectivity index (χ0) is 16.9. The number of hydrogen-bond acceptors (Lipinski definition) is 4. The predicted octanol–water partition coefficient (Wildman–Crippen LogP) is 4.18. The zero-order valence-electron chi connectivity index (χ0n) is 12.6. The number of hydrogen-bond donors (Lipinski definition) is 1. The van der Waals surface area contributed by atoms with E-state index in [-0.39, 0.29) is 23.2 Å². The zero-order valence-corrected chi connectivity index (χ0v) is 13.4. The van der Waals surface area contributed by atoms with Crippen molar-refractivity contribution in [1.82, 2.24) is 5.32 Å². The standard InChI is InChI=1S/C18H14N2O3S/c21-18(14-8-4-9-15(12-14)20(22)23)19-17(16-10-5-11-24-16)13-6-2-1-3-7-13/h1-12,17H,(H,19,21).